The fraction of sp³-hybridized carbons (Fsp3) is 0.889. The van der Waals surface area contributed by atoms with Crippen molar-refractivity contribution in [3.63, 3.8) is 0 Å². The summed E-state index contributed by atoms with van der Waals surface area (Å²) in [6.45, 7) is 3.24. The van der Waals surface area contributed by atoms with Crippen molar-refractivity contribution in [1.29, 1.82) is 0 Å². The highest BCUT2D eigenvalue weighted by Gasteiger charge is 2.37. The summed E-state index contributed by atoms with van der Waals surface area (Å²) in [5.41, 5.74) is -0.698. The monoisotopic (exact) mass is 223 g/mol. The van der Waals surface area contributed by atoms with Crippen molar-refractivity contribution in [2.45, 2.75) is 32.0 Å². The Balaban J connectivity index is 2.70. The van der Waals surface area contributed by atoms with Gasteiger partial charge in [0.15, 0.2) is 0 Å². The average Bonchev–Trinajstić information content (AvgIpc) is 2.13. The molecule has 1 atom stereocenters. The van der Waals surface area contributed by atoms with Crippen molar-refractivity contribution in [3.05, 3.63) is 0 Å². The lowest BCUT2D eigenvalue weighted by Crippen LogP contribution is -2.56. The quantitative estimate of drug-likeness (QED) is 0.730. The molecule has 0 bridgehead atoms. The average molecular weight is 223 g/mol. The molecule has 0 radical (unpaired) electrons. The molecule has 6 heteroatoms. The predicted octanol–water partition coefficient (Wildman–Crippen LogP) is 0.250. The maximum Gasteiger partial charge on any atom is 0.315 e. The normalized spacial score (nSPS) is 25.7. The van der Waals surface area contributed by atoms with Gasteiger partial charge in [-0.1, -0.05) is 0 Å². The Morgan fingerprint density at radius 3 is 2.73 bits per heavy atom. The van der Waals surface area contributed by atoms with E-state index in [2.05, 4.69) is 0 Å². The van der Waals surface area contributed by atoms with Crippen molar-refractivity contribution < 1.29 is 23.4 Å². The van der Waals surface area contributed by atoms with Crippen LogP contribution in [0, 0.1) is 0 Å². The van der Waals surface area contributed by atoms with Crippen molar-refractivity contribution in [2.24, 2.45) is 0 Å². The molecule has 0 saturated carbocycles. The van der Waals surface area contributed by atoms with Crippen LogP contribution in [0.2, 0.25) is 0 Å². The molecule has 1 heterocycles. The molecular weight excluding hydrogens is 208 g/mol. The number of nitrogens with zero attached hydrogens (tertiary/aromatic N) is 1. The number of ether oxygens (including phenoxy) is 1. The first-order chi connectivity index (χ1) is 6.85. The molecule has 1 saturated heterocycles. The van der Waals surface area contributed by atoms with Gasteiger partial charge < -0.3 is 14.7 Å². The molecule has 0 aliphatic carbocycles. The number of aliphatic hydroxyl groups excluding tert-OH is 1. The first kappa shape index (κ1) is 12.3. The van der Waals surface area contributed by atoms with Gasteiger partial charge >= 0.3 is 6.43 Å². The zero-order chi connectivity index (χ0) is 11.6. The third-order valence-corrected chi connectivity index (χ3v) is 2.18. The highest BCUT2D eigenvalue weighted by atomic mass is 19.3. The summed E-state index contributed by atoms with van der Waals surface area (Å²) in [5, 5.41) is 8.91. The molecule has 1 aliphatic rings. The maximum atomic E-state index is 12.2. The van der Waals surface area contributed by atoms with E-state index in [-0.39, 0.29) is 19.7 Å². The van der Waals surface area contributed by atoms with Gasteiger partial charge in [0.1, 0.15) is 0 Å². The molecule has 1 rings (SSSR count). The van der Waals surface area contributed by atoms with E-state index >= 15 is 0 Å². The second kappa shape index (κ2) is 4.40. The Bertz CT molecular complexity index is 246. The van der Waals surface area contributed by atoms with E-state index in [0.717, 1.165) is 4.90 Å². The number of carbonyl (C=O) groups is 1. The Hall–Kier alpha value is -0.750. The molecule has 1 unspecified atom stereocenters. The number of halogens is 2. The van der Waals surface area contributed by atoms with Crippen molar-refractivity contribution in [2.75, 3.05) is 19.7 Å². The minimum absolute atomic E-state index is 0.0170. The van der Waals surface area contributed by atoms with Gasteiger partial charge in [0, 0.05) is 13.1 Å². The van der Waals surface area contributed by atoms with E-state index in [1.54, 1.807) is 13.8 Å². The molecule has 0 aromatic rings. The summed E-state index contributed by atoms with van der Waals surface area (Å²) in [4.78, 5) is 12.1. The lowest BCUT2D eigenvalue weighted by molar-refractivity contribution is -0.174. The summed E-state index contributed by atoms with van der Waals surface area (Å²) < 4.78 is 29.8. The fourth-order valence-electron chi connectivity index (χ4n) is 1.70. The Morgan fingerprint density at radius 1 is 1.67 bits per heavy atom. The lowest BCUT2D eigenvalue weighted by atomic mass is 10.1. The number of amides is 1. The minimum Gasteiger partial charge on any atom is -0.394 e. The van der Waals surface area contributed by atoms with E-state index in [9.17, 15) is 13.6 Å². The molecule has 1 aliphatic heterocycles. The van der Waals surface area contributed by atoms with Crippen molar-refractivity contribution >= 4 is 5.91 Å². The van der Waals surface area contributed by atoms with Crippen molar-refractivity contribution in [3.8, 4) is 0 Å². The summed E-state index contributed by atoms with van der Waals surface area (Å²) in [7, 11) is 0. The van der Waals surface area contributed by atoms with Gasteiger partial charge in [-0.05, 0) is 13.8 Å². The first-order valence-corrected chi connectivity index (χ1v) is 4.71. The standard InChI is InChI=1S/C9H15F2NO3/c1-9(2)5-12(8(14)7(10)11)3-6(4-13)15-9/h6-7,13H,3-5H2,1-2H3. The first-order valence-electron chi connectivity index (χ1n) is 4.71. The smallest absolute Gasteiger partial charge is 0.315 e. The van der Waals surface area contributed by atoms with E-state index in [0.29, 0.717) is 0 Å². The topological polar surface area (TPSA) is 49.8 Å². The largest absolute Gasteiger partial charge is 0.394 e. The number of hydrogen-bond acceptors (Lipinski definition) is 3. The molecule has 4 nitrogen and oxygen atoms in total. The third-order valence-electron chi connectivity index (χ3n) is 2.18. The Labute approximate surface area is 86.8 Å². The number of carbonyl (C=O) groups excluding carboxylic acids is 1. The summed E-state index contributed by atoms with van der Waals surface area (Å²) >= 11 is 0. The molecule has 0 aromatic heterocycles. The summed E-state index contributed by atoms with van der Waals surface area (Å²) in [5.74, 6) is -1.20. The molecule has 0 spiro atoms. The van der Waals surface area contributed by atoms with E-state index < -0.39 is 24.0 Å². The Kier molecular flexibility index (Phi) is 3.62. The van der Waals surface area contributed by atoms with Gasteiger partial charge in [-0.2, -0.15) is 8.78 Å². The highest BCUT2D eigenvalue weighted by molar-refractivity contribution is 5.79. The number of morpholine rings is 1. The van der Waals surface area contributed by atoms with Gasteiger partial charge in [0.05, 0.1) is 18.3 Å². The Morgan fingerprint density at radius 2 is 2.27 bits per heavy atom. The van der Waals surface area contributed by atoms with Crippen LogP contribution in [-0.2, 0) is 9.53 Å². The van der Waals surface area contributed by atoms with Crippen LogP contribution >= 0.6 is 0 Å². The second-order valence-electron chi connectivity index (χ2n) is 4.20. The number of rotatable bonds is 2. The van der Waals surface area contributed by atoms with Crippen LogP contribution in [0.15, 0.2) is 0 Å². The SMILES string of the molecule is CC1(C)CN(C(=O)C(F)F)CC(CO)O1. The van der Waals surface area contributed by atoms with Crippen LogP contribution in [0.1, 0.15) is 13.8 Å². The van der Waals surface area contributed by atoms with Crippen LogP contribution in [0.4, 0.5) is 8.78 Å². The van der Waals surface area contributed by atoms with Gasteiger partial charge in [-0.3, -0.25) is 4.79 Å². The van der Waals surface area contributed by atoms with Gasteiger partial charge in [0.2, 0.25) is 0 Å². The molecular formula is C9H15F2NO3. The second-order valence-corrected chi connectivity index (χ2v) is 4.20. The molecule has 1 N–H and O–H groups in total. The van der Waals surface area contributed by atoms with Gasteiger partial charge in [0.25, 0.3) is 5.91 Å². The molecule has 0 aromatic carbocycles. The van der Waals surface area contributed by atoms with E-state index in [4.69, 9.17) is 9.84 Å². The van der Waals surface area contributed by atoms with Crippen LogP contribution in [-0.4, -0.2) is 53.7 Å². The predicted molar refractivity (Wildman–Crippen MR) is 48.6 cm³/mol. The fourth-order valence-corrected chi connectivity index (χ4v) is 1.70. The zero-order valence-electron chi connectivity index (χ0n) is 8.74. The number of aliphatic hydroxyl groups is 1. The molecule has 1 fully saturated rings. The van der Waals surface area contributed by atoms with Crippen LogP contribution < -0.4 is 0 Å². The van der Waals surface area contributed by atoms with Crippen LogP contribution in [0.25, 0.3) is 0 Å². The third kappa shape index (κ3) is 3.10. The molecule has 88 valence electrons. The summed E-state index contributed by atoms with van der Waals surface area (Å²) in [6.07, 6.45) is -3.59. The lowest BCUT2D eigenvalue weighted by Gasteiger charge is -2.42. The summed E-state index contributed by atoms with van der Waals surface area (Å²) in [6, 6.07) is 0. The van der Waals surface area contributed by atoms with E-state index in [1.165, 1.54) is 0 Å². The van der Waals surface area contributed by atoms with Gasteiger partial charge in [-0.15, -0.1) is 0 Å². The number of hydrogen-bond donors (Lipinski definition) is 1. The zero-order valence-corrected chi connectivity index (χ0v) is 8.74. The van der Waals surface area contributed by atoms with Crippen molar-refractivity contribution in [1.82, 2.24) is 4.90 Å². The van der Waals surface area contributed by atoms with Crippen LogP contribution in [0.5, 0.6) is 0 Å². The minimum atomic E-state index is -3.00. The van der Waals surface area contributed by atoms with E-state index in [1.807, 2.05) is 0 Å². The number of alkyl halides is 2. The molecule has 15 heavy (non-hydrogen) atoms. The van der Waals surface area contributed by atoms with Gasteiger partial charge in [-0.25, -0.2) is 0 Å². The highest BCUT2D eigenvalue weighted by Crippen LogP contribution is 2.21. The van der Waals surface area contributed by atoms with Crippen LogP contribution in [0.3, 0.4) is 0 Å². The maximum absolute atomic E-state index is 12.2. The molecule has 1 amide bonds.